The number of carbonyl (C=O) groups excluding carboxylic acids is 1. The van der Waals surface area contributed by atoms with Crippen LogP contribution in [0.4, 0.5) is 16.2 Å². The number of nitrogens with one attached hydrogen (secondary N) is 2. The molecule has 0 spiro atoms. The number of rotatable bonds is 7. The summed E-state index contributed by atoms with van der Waals surface area (Å²) in [5.41, 5.74) is 3.71. The van der Waals surface area contributed by atoms with Crippen molar-refractivity contribution in [3.8, 4) is 17.2 Å². The van der Waals surface area contributed by atoms with Gasteiger partial charge in [0.25, 0.3) is 5.56 Å². The number of anilines is 2. The van der Waals surface area contributed by atoms with Gasteiger partial charge in [-0.3, -0.25) is 9.20 Å². The van der Waals surface area contributed by atoms with Gasteiger partial charge in [0.05, 0.1) is 25.6 Å². The standard InChI is InChI=1S/C26H26N4O5/c1-16-7-8-18(28-26(32)29-21-14-20(33-3)9-10-22(21)34-4)12-23(16)35-15-19-13-24(31)30-11-5-6-17(2)25(30)27-19/h5-14H,15H2,1-4H3,(H2,28,29,32). The maximum Gasteiger partial charge on any atom is 0.323 e. The van der Waals surface area contributed by atoms with Gasteiger partial charge in [0, 0.05) is 30.1 Å². The van der Waals surface area contributed by atoms with Crippen molar-refractivity contribution in [2.24, 2.45) is 0 Å². The molecule has 0 saturated heterocycles. The molecule has 0 aliphatic heterocycles. The highest BCUT2D eigenvalue weighted by atomic mass is 16.5. The van der Waals surface area contributed by atoms with Crippen LogP contribution in [-0.4, -0.2) is 29.6 Å². The predicted molar refractivity (Wildman–Crippen MR) is 134 cm³/mol. The van der Waals surface area contributed by atoms with Crippen molar-refractivity contribution < 1.29 is 19.0 Å². The highest BCUT2D eigenvalue weighted by molar-refractivity contribution is 6.01. The molecule has 0 unspecified atom stereocenters. The van der Waals surface area contributed by atoms with E-state index in [0.29, 0.717) is 40.0 Å². The zero-order valence-corrected chi connectivity index (χ0v) is 19.9. The van der Waals surface area contributed by atoms with Gasteiger partial charge in [-0.25, -0.2) is 9.78 Å². The lowest BCUT2D eigenvalue weighted by Gasteiger charge is -2.14. The summed E-state index contributed by atoms with van der Waals surface area (Å²) < 4.78 is 18.0. The highest BCUT2D eigenvalue weighted by Gasteiger charge is 2.11. The number of urea groups is 1. The molecule has 0 aliphatic rings. The zero-order valence-electron chi connectivity index (χ0n) is 19.9. The largest absolute Gasteiger partial charge is 0.497 e. The van der Waals surface area contributed by atoms with Crippen molar-refractivity contribution >= 4 is 23.1 Å². The average molecular weight is 475 g/mol. The molecule has 2 aromatic carbocycles. The number of amides is 2. The van der Waals surface area contributed by atoms with Crippen LogP contribution in [-0.2, 0) is 6.61 Å². The van der Waals surface area contributed by atoms with E-state index in [1.54, 1.807) is 43.6 Å². The Hall–Kier alpha value is -4.53. The van der Waals surface area contributed by atoms with E-state index in [9.17, 15) is 9.59 Å². The lowest BCUT2D eigenvalue weighted by Crippen LogP contribution is -2.20. The number of fused-ring (bicyclic) bond motifs is 1. The first-order chi connectivity index (χ1) is 16.9. The van der Waals surface area contributed by atoms with Gasteiger partial charge in [0.1, 0.15) is 29.5 Å². The molecule has 9 nitrogen and oxygen atoms in total. The topological polar surface area (TPSA) is 103 Å². The lowest BCUT2D eigenvalue weighted by atomic mass is 10.2. The molecule has 4 aromatic rings. The van der Waals surface area contributed by atoms with Gasteiger partial charge in [-0.15, -0.1) is 0 Å². The summed E-state index contributed by atoms with van der Waals surface area (Å²) >= 11 is 0. The second-order valence-electron chi connectivity index (χ2n) is 7.88. The lowest BCUT2D eigenvalue weighted by molar-refractivity contribution is 0.262. The second-order valence-corrected chi connectivity index (χ2v) is 7.88. The first kappa shape index (κ1) is 23.6. The Labute approximate surface area is 202 Å². The molecule has 2 aromatic heterocycles. The van der Waals surface area contributed by atoms with Gasteiger partial charge in [0.2, 0.25) is 0 Å². The van der Waals surface area contributed by atoms with Crippen molar-refractivity contribution in [1.82, 2.24) is 9.38 Å². The molecular weight excluding hydrogens is 448 g/mol. The predicted octanol–water partition coefficient (Wildman–Crippen LogP) is 4.55. The third-order valence-electron chi connectivity index (χ3n) is 5.42. The number of aromatic nitrogens is 2. The minimum Gasteiger partial charge on any atom is -0.497 e. The summed E-state index contributed by atoms with van der Waals surface area (Å²) in [6.07, 6.45) is 1.69. The Morgan fingerprint density at radius 2 is 1.77 bits per heavy atom. The summed E-state index contributed by atoms with van der Waals surface area (Å²) in [5.74, 6) is 1.65. The zero-order chi connectivity index (χ0) is 24.9. The number of methoxy groups -OCH3 is 2. The molecule has 0 fully saturated rings. The molecule has 2 amide bonds. The van der Waals surface area contributed by atoms with E-state index >= 15 is 0 Å². The number of hydrogen-bond donors (Lipinski definition) is 2. The molecule has 0 saturated carbocycles. The summed E-state index contributed by atoms with van der Waals surface area (Å²) in [6.45, 7) is 3.91. The number of hydrogen-bond acceptors (Lipinski definition) is 6. The summed E-state index contributed by atoms with van der Waals surface area (Å²) in [6, 6.07) is 15.2. The van der Waals surface area contributed by atoms with Crippen LogP contribution in [0.2, 0.25) is 0 Å². The van der Waals surface area contributed by atoms with Crippen LogP contribution in [0.5, 0.6) is 17.2 Å². The maximum absolute atomic E-state index is 12.6. The van der Waals surface area contributed by atoms with E-state index in [1.807, 2.05) is 32.0 Å². The Morgan fingerprint density at radius 3 is 2.54 bits per heavy atom. The van der Waals surface area contributed by atoms with E-state index in [2.05, 4.69) is 15.6 Å². The van der Waals surface area contributed by atoms with Gasteiger partial charge >= 0.3 is 6.03 Å². The number of aryl methyl sites for hydroxylation is 2. The Kier molecular flexibility index (Phi) is 6.86. The monoisotopic (exact) mass is 474 g/mol. The van der Waals surface area contributed by atoms with Crippen molar-refractivity contribution in [3.63, 3.8) is 0 Å². The first-order valence-electron chi connectivity index (χ1n) is 10.9. The Balaban J connectivity index is 1.48. The smallest absolute Gasteiger partial charge is 0.323 e. The van der Waals surface area contributed by atoms with Gasteiger partial charge in [0.15, 0.2) is 0 Å². The fourth-order valence-corrected chi connectivity index (χ4v) is 3.56. The normalized spacial score (nSPS) is 10.6. The van der Waals surface area contributed by atoms with Crippen LogP contribution in [0.1, 0.15) is 16.8 Å². The van der Waals surface area contributed by atoms with Gasteiger partial charge in [-0.2, -0.15) is 0 Å². The molecule has 0 radical (unpaired) electrons. The molecule has 35 heavy (non-hydrogen) atoms. The van der Waals surface area contributed by atoms with Crippen LogP contribution < -0.4 is 30.4 Å². The van der Waals surface area contributed by atoms with E-state index in [4.69, 9.17) is 14.2 Å². The molecule has 0 atom stereocenters. The highest BCUT2D eigenvalue weighted by Crippen LogP contribution is 2.29. The number of ether oxygens (including phenoxy) is 3. The average Bonchev–Trinajstić information content (AvgIpc) is 2.85. The minimum atomic E-state index is -0.453. The van der Waals surface area contributed by atoms with Gasteiger partial charge < -0.3 is 24.8 Å². The van der Waals surface area contributed by atoms with Crippen LogP contribution in [0.15, 0.2) is 65.6 Å². The van der Waals surface area contributed by atoms with Gasteiger partial charge in [-0.05, 0) is 49.2 Å². The molecule has 2 heterocycles. The third kappa shape index (κ3) is 5.35. The molecule has 0 bridgehead atoms. The van der Waals surface area contributed by atoms with Crippen LogP contribution in [0.25, 0.3) is 5.65 Å². The fourth-order valence-electron chi connectivity index (χ4n) is 3.56. The van der Waals surface area contributed by atoms with Crippen molar-refractivity contribution in [1.29, 1.82) is 0 Å². The summed E-state index contributed by atoms with van der Waals surface area (Å²) in [4.78, 5) is 29.6. The molecule has 180 valence electrons. The SMILES string of the molecule is COc1ccc(OC)c(NC(=O)Nc2ccc(C)c(OCc3cc(=O)n4cccc(C)c4n3)c2)c1. The number of carbonyl (C=O) groups is 1. The minimum absolute atomic E-state index is 0.109. The van der Waals surface area contributed by atoms with Crippen LogP contribution in [0.3, 0.4) is 0 Å². The molecular formula is C26H26N4O5. The van der Waals surface area contributed by atoms with E-state index in [-0.39, 0.29) is 12.2 Å². The number of nitrogens with zero attached hydrogens (tertiary/aromatic N) is 2. The third-order valence-corrected chi connectivity index (χ3v) is 5.42. The van der Waals surface area contributed by atoms with Gasteiger partial charge in [-0.1, -0.05) is 12.1 Å². The fraction of sp³-hybridized carbons (Fsp3) is 0.192. The molecule has 4 rings (SSSR count). The Bertz CT molecular complexity index is 1450. The summed E-state index contributed by atoms with van der Waals surface area (Å²) in [7, 11) is 3.07. The first-order valence-corrected chi connectivity index (χ1v) is 10.9. The maximum atomic E-state index is 12.6. The van der Waals surface area contributed by atoms with Crippen molar-refractivity contribution in [2.75, 3.05) is 24.9 Å². The van der Waals surface area contributed by atoms with E-state index < -0.39 is 6.03 Å². The molecule has 0 aliphatic carbocycles. The summed E-state index contributed by atoms with van der Waals surface area (Å²) in [5, 5.41) is 5.55. The number of pyridine rings is 1. The molecule has 9 heteroatoms. The quantitative estimate of drug-likeness (QED) is 0.407. The molecule has 2 N–H and O–H groups in total. The van der Waals surface area contributed by atoms with E-state index in [1.165, 1.54) is 17.6 Å². The number of benzene rings is 2. The van der Waals surface area contributed by atoms with Crippen molar-refractivity contribution in [3.05, 3.63) is 88.0 Å². The van der Waals surface area contributed by atoms with E-state index in [0.717, 1.165) is 11.1 Å². The van der Waals surface area contributed by atoms with Crippen LogP contribution >= 0.6 is 0 Å². The van der Waals surface area contributed by atoms with Crippen molar-refractivity contribution in [2.45, 2.75) is 20.5 Å². The van der Waals surface area contributed by atoms with Crippen LogP contribution in [0, 0.1) is 13.8 Å². The second kappa shape index (κ2) is 10.2. The Morgan fingerprint density at radius 1 is 0.943 bits per heavy atom.